The number of methoxy groups -OCH3 is 4. The summed E-state index contributed by atoms with van der Waals surface area (Å²) in [6.07, 6.45) is 0. The van der Waals surface area contributed by atoms with Crippen LogP contribution in [0.4, 0.5) is 5.69 Å². The van der Waals surface area contributed by atoms with Crippen LogP contribution in [0.1, 0.15) is 19.4 Å². The summed E-state index contributed by atoms with van der Waals surface area (Å²) in [4.78, 5) is 12.9. The van der Waals surface area contributed by atoms with Crippen molar-refractivity contribution in [2.24, 2.45) is 5.10 Å². The van der Waals surface area contributed by atoms with Crippen LogP contribution in [-0.4, -0.2) is 61.6 Å². The summed E-state index contributed by atoms with van der Waals surface area (Å²) in [6.45, 7) is 3.45. The summed E-state index contributed by atoms with van der Waals surface area (Å²) in [5, 5.41) is 4.16. The maximum Gasteiger partial charge on any atom is 0.264 e. The van der Waals surface area contributed by atoms with E-state index in [0.717, 1.165) is 4.31 Å². The predicted molar refractivity (Wildman–Crippen MR) is 152 cm³/mol. The monoisotopic (exact) mass is 571 g/mol. The third-order valence-electron chi connectivity index (χ3n) is 5.82. The minimum absolute atomic E-state index is 0.0863. The van der Waals surface area contributed by atoms with Crippen LogP contribution in [0.5, 0.6) is 28.7 Å². The number of hydrogen-bond donors (Lipinski definition) is 1. The maximum absolute atomic E-state index is 13.8. The van der Waals surface area contributed by atoms with Gasteiger partial charge in [-0.25, -0.2) is 13.8 Å². The Kier molecular flexibility index (Phi) is 10.2. The average Bonchev–Trinajstić information content (AvgIpc) is 2.98. The van der Waals surface area contributed by atoms with Crippen LogP contribution in [-0.2, 0) is 14.8 Å². The van der Waals surface area contributed by atoms with Gasteiger partial charge in [-0.1, -0.05) is 0 Å². The number of benzene rings is 3. The summed E-state index contributed by atoms with van der Waals surface area (Å²) < 4.78 is 55.1. The van der Waals surface area contributed by atoms with Crippen molar-refractivity contribution in [3.05, 3.63) is 66.2 Å². The molecule has 3 aromatic rings. The fourth-order valence-electron chi connectivity index (χ4n) is 3.73. The lowest BCUT2D eigenvalue weighted by Crippen LogP contribution is -2.39. The number of amides is 1. The largest absolute Gasteiger partial charge is 0.494 e. The molecule has 0 heterocycles. The number of carbonyl (C=O) groups is 1. The summed E-state index contributed by atoms with van der Waals surface area (Å²) >= 11 is 0. The zero-order valence-electron chi connectivity index (χ0n) is 23.3. The molecule has 3 aromatic carbocycles. The SMILES string of the molecule is CCOc1ccc(N(CC(=O)N/N=C(/C)c2ccc(OC)c(OC)c2)S(=O)(=O)c2ccc(OC)c(OC)c2)cc1. The summed E-state index contributed by atoms with van der Waals surface area (Å²) in [6, 6.07) is 15.8. The number of hydrazone groups is 1. The van der Waals surface area contributed by atoms with Gasteiger partial charge >= 0.3 is 0 Å². The number of nitrogens with one attached hydrogen (secondary N) is 1. The van der Waals surface area contributed by atoms with E-state index in [2.05, 4.69) is 10.5 Å². The highest BCUT2D eigenvalue weighted by atomic mass is 32.2. The molecule has 12 heteroatoms. The Bertz CT molecular complexity index is 1460. The molecule has 0 saturated heterocycles. The number of rotatable bonds is 13. The lowest BCUT2D eigenvalue weighted by atomic mass is 10.1. The Balaban J connectivity index is 1.92. The van der Waals surface area contributed by atoms with Gasteiger partial charge in [0.2, 0.25) is 0 Å². The maximum atomic E-state index is 13.8. The molecule has 0 fully saturated rings. The minimum atomic E-state index is -4.22. The van der Waals surface area contributed by atoms with Gasteiger partial charge in [0.15, 0.2) is 23.0 Å². The zero-order valence-corrected chi connectivity index (χ0v) is 24.1. The summed E-state index contributed by atoms with van der Waals surface area (Å²) in [5.41, 5.74) is 3.86. The van der Waals surface area contributed by atoms with E-state index in [1.165, 1.54) is 46.6 Å². The predicted octanol–water partition coefficient (Wildman–Crippen LogP) is 3.86. The zero-order chi connectivity index (χ0) is 29.3. The third kappa shape index (κ3) is 6.94. The molecule has 0 unspecified atom stereocenters. The van der Waals surface area contributed by atoms with Crippen molar-refractivity contribution in [1.29, 1.82) is 0 Å². The van der Waals surface area contributed by atoms with E-state index in [1.54, 1.807) is 49.4 Å². The second kappa shape index (κ2) is 13.6. The summed E-state index contributed by atoms with van der Waals surface area (Å²) in [7, 11) is 1.69. The molecule has 0 bridgehead atoms. The topological polar surface area (TPSA) is 125 Å². The molecule has 0 aliphatic carbocycles. The first-order valence-corrected chi connectivity index (χ1v) is 13.7. The van der Waals surface area contributed by atoms with Crippen LogP contribution in [0.2, 0.25) is 0 Å². The molecular formula is C28H33N3O8S. The molecule has 0 aromatic heterocycles. The van der Waals surface area contributed by atoms with Gasteiger partial charge in [0.25, 0.3) is 15.9 Å². The van der Waals surface area contributed by atoms with Crippen molar-refractivity contribution >= 4 is 27.3 Å². The highest BCUT2D eigenvalue weighted by Crippen LogP contribution is 2.33. The first-order valence-electron chi connectivity index (χ1n) is 12.2. The Morgan fingerprint density at radius 3 is 1.98 bits per heavy atom. The van der Waals surface area contributed by atoms with Crippen molar-refractivity contribution in [1.82, 2.24) is 5.43 Å². The lowest BCUT2D eigenvalue weighted by Gasteiger charge is -2.24. The van der Waals surface area contributed by atoms with Crippen LogP contribution in [0.15, 0.2) is 70.7 Å². The van der Waals surface area contributed by atoms with Crippen molar-refractivity contribution in [2.75, 3.05) is 45.9 Å². The second-order valence-corrected chi connectivity index (χ2v) is 10.1. The quantitative estimate of drug-likeness (QED) is 0.242. The van der Waals surface area contributed by atoms with Crippen LogP contribution < -0.4 is 33.4 Å². The van der Waals surface area contributed by atoms with E-state index >= 15 is 0 Å². The Morgan fingerprint density at radius 1 is 0.825 bits per heavy atom. The Hall–Kier alpha value is -4.45. The molecular weight excluding hydrogens is 538 g/mol. The number of sulfonamides is 1. The smallest absolute Gasteiger partial charge is 0.264 e. The first kappa shape index (κ1) is 30.1. The van der Waals surface area contributed by atoms with Gasteiger partial charge in [-0.3, -0.25) is 9.10 Å². The third-order valence-corrected chi connectivity index (χ3v) is 7.59. The van der Waals surface area contributed by atoms with Crippen molar-refractivity contribution in [3.63, 3.8) is 0 Å². The van der Waals surface area contributed by atoms with Gasteiger partial charge < -0.3 is 23.7 Å². The number of hydrogen-bond acceptors (Lipinski definition) is 9. The van der Waals surface area contributed by atoms with Gasteiger partial charge in [-0.15, -0.1) is 0 Å². The summed E-state index contributed by atoms with van der Waals surface area (Å²) in [5.74, 6) is 1.56. The van der Waals surface area contributed by atoms with Crippen LogP contribution >= 0.6 is 0 Å². The fourth-order valence-corrected chi connectivity index (χ4v) is 5.17. The van der Waals surface area contributed by atoms with Crippen molar-refractivity contribution in [3.8, 4) is 28.7 Å². The molecule has 0 spiro atoms. The lowest BCUT2D eigenvalue weighted by molar-refractivity contribution is -0.119. The van der Waals surface area contributed by atoms with Crippen LogP contribution in [0.3, 0.4) is 0 Å². The molecule has 0 saturated carbocycles. The molecule has 40 heavy (non-hydrogen) atoms. The Morgan fingerprint density at radius 2 is 1.40 bits per heavy atom. The van der Waals surface area contributed by atoms with Crippen LogP contribution in [0.25, 0.3) is 0 Å². The molecule has 0 aliphatic rings. The fraction of sp³-hybridized carbons (Fsp3) is 0.286. The van der Waals surface area contributed by atoms with E-state index < -0.39 is 22.5 Å². The minimum Gasteiger partial charge on any atom is -0.494 e. The molecule has 0 aliphatic heterocycles. The van der Waals surface area contributed by atoms with E-state index in [-0.39, 0.29) is 16.3 Å². The van der Waals surface area contributed by atoms with Gasteiger partial charge in [0, 0.05) is 11.6 Å². The second-order valence-electron chi connectivity index (χ2n) is 8.26. The van der Waals surface area contributed by atoms with Gasteiger partial charge in [-0.05, 0) is 68.4 Å². The van der Waals surface area contributed by atoms with Crippen molar-refractivity contribution in [2.45, 2.75) is 18.7 Å². The number of nitrogens with zero attached hydrogens (tertiary/aromatic N) is 2. The van der Waals surface area contributed by atoms with E-state index in [1.807, 2.05) is 6.92 Å². The van der Waals surface area contributed by atoms with E-state index in [9.17, 15) is 13.2 Å². The van der Waals surface area contributed by atoms with E-state index in [0.29, 0.717) is 40.9 Å². The molecule has 3 rings (SSSR count). The average molecular weight is 572 g/mol. The van der Waals surface area contributed by atoms with Gasteiger partial charge in [0.05, 0.1) is 51.3 Å². The highest BCUT2D eigenvalue weighted by Gasteiger charge is 2.28. The number of ether oxygens (including phenoxy) is 5. The molecule has 0 atom stereocenters. The van der Waals surface area contributed by atoms with Crippen LogP contribution in [0, 0.1) is 0 Å². The molecule has 0 radical (unpaired) electrons. The molecule has 1 amide bonds. The van der Waals surface area contributed by atoms with Crippen molar-refractivity contribution < 1.29 is 36.9 Å². The molecule has 1 N–H and O–H groups in total. The van der Waals surface area contributed by atoms with Gasteiger partial charge in [0.1, 0.15) is 12.3 Å². The Labute approximate surface area is 234 Å². The number of anilines is 1. The molecule has 11 nitrogen and oxygen atoms in total. The normalized spacial score (nSPS) is 11.4. The molecule has 214 valence electrons. The standard InChI is InChI=1S/C28H33N3O8S/c1-7-39-22-11-9-21(10-12-22)31(40(33,34)23-13-15-25(36-4)27(17-23)38-6)18-28(32)30-29-19(2)20-8-14-24(35-3)26(16-20)37-5/h8-17H,7,18H2,1-6H3,(H,30,32)/b29-19-. The first-order chi connectivity index (χ1) is 19.2. The number of carbonyl (C=O) groups excluding carboxylic acids is 1. The highest BCUT2D eigenvalue weighted by molar-refractivity contribution is 7.92. The van der Waals surface area contributed by atoms with E-state index in [4.69, 9.17) is 23.7 Å². The van der Waals surface area contributed by atoms with Gasteiger partial charge in [-0.2, -0.15) is 5.10 Å².